The minimum atomic E-state index is 0.533. The molecule has 0 bridgehead atoms. The Hall–Kier alpha value is -0.0400. The van der Waals surface area contributed by atoms with Gasteiger partial charge in [-0.15, -0.1) is 0 Å². The molecule has 0 amide bonds. The van der Waals surface area contributed by atoms with Gasteiger partial charge in [0.25, 0.3) is 0 Å². The Bertz CT molecular complexity index is 318. The molecule has 2 aliphatic rings. The standard InChI is InChI=1S/C23H44O/c1-5-7-8-20-9-11-21(12-10-20)13-14-22-15-16-23(24-17-6-2)19(4)18(22)3/h18-23H,5-17H2,1-4H3. The Kier molecular flexibility index (Phi) is 9.16. The molecule has 1 nitrogen and oxygen atoms in total. The first-order chi connectivity index (χ1) is 11.7. The lowest BCUT2D eigenvalue weighted by Crippen LogP contribution is -2.37. The van der Waals surface area contributed by atoms with Crippen molar-refractivity contribution < 1.29 is 4.74 Å². The van der Waals surface area contributed by atoms with E-state index in [0.717, 1.165) is 42.6 Å². The Morgan fingerprint density at radius 3 is 2.00 bits per heavy atom. The average Bonchev–Trinajstić information content (AvgIpc) is 2.61. The van der Waals surface area contributed by atoms with E-state index in [1.165, 1.54) is 70.6 Å². The van der Waals surface area contributed by atoms with E-state index in [0.29, 0.717) is 6.10 Å². The fourth-order valence-electron chi connectivity index (χ4n) is 5.33. The van der Waals surface area contributed by atoms with Crippen LogP contribution >= 0.6 is 0 Å². The maximum atomic E-state index is 6.10. The highest BCUT2D eigenvalue weighted by atomic mass is 16.5. The van der Waals surface area contributed by atoms with Crippen LogP contribution in [0.4, 0.5) is 0 Å². The molecule has 0 heterocycles. The Labute approximate surface area is 152 Å². The van der Waals surface area contributed by atoms with Gasteiger partial charge in [-0.05, 0) is 55.3 Å². The van der Waals surface area contributed by atoms with E-state index >= 15 is 0 Å². The Morgan fingerprint density at radius 1 is 0.708 bits per heavy atom. The molecule has 4 atom stereocenters. The molecule has 2 rings (SSSR count). The molecule has 0 aliphatic heterocycles. The van der Waals surface area contributed by atoms with Crippen LogP contribution < -0.4 is 0 Å². The van der Waals surface area contributed by atoms with Crippen molar-refractivity contribution in [2.24, 2.45) is 29.6 Å². The van der Waals surface area contributed by atoms with Crippen molar-refractivity contribution in [3.05, 3.63) is 0 Å². The van der Waals surface area contributed by atoms with Crippen LogP contribution in [0.1, 0.15) is 105 Å². The van der Waals surface area contributed by atoms with Crippen molar-refractivity contribution in [3.8, 4) is 0 Å². The third-order valence-electron chi connectivity index (χ3n) is 7.40. The third-order valence-corrected chi connectivity index (χ3v) is 7.40. The molecule has 24 heavy (non-hydrogen) atoms. The van der Waals surface area contributed by atoms with Crippen molar-refractivity contribution >= 4 is 0 Å². The van der Waals surface area contributed by atoms with Gasteiger partial charge in [-0.25, -0.2) is 0 Å². The molecular formula is C23H44O. The van der Waals surface area contributed by atoms with Crippen molar-refractivity contribution in [2.75, 3.05) is 6.61 Å². The summed E-state index contributed by atoms with van der Waals surface area (Å²) in [5.41, 5.74) is 0. The van der Waals surface area contributed by atoms with E-state index in [2.05, 4.69) is 27.7 Å². The van der Waals surface area contributed by atoms with Gasteiger partial charge in [0.05, 0.1) is 6.10 Å². The summed E-state index contributed by atoms with van der Waals surface area (Å²) in [6, 6.07) is 0. The van der Waals surface area contributed by atoms with Crippen LogP contribution in [0.3, 0.4) is 0 Å². The highest BCUT2D eigenvalue weighted by Crippen LogP contribution is 2.41. The molecular weight excluding hydrogens is 292 g/mol. The van der Waals surface area contributed by atoms with Gasteiger partial charge in [0.2, 0.25) is 0 Å². The molecule has 142 valence electrons. The van der Waals surface area contributed by atoms with E-state index < -0.39 is 0 Å². The van der Waals surface area contributed by atoms with Crippen molar-refractivity contribution in [1.29, 1.82) is 0 Å². The second-order valence-electron chi connectivity index (χ2n) is 9.07. The number of hydrogen-bond acceptors (Lipinski definition) is 1. The van der Waals surface area contributed by atoms with Gasteiger partial charge in [0.1, 0.15) is 0 Å². The summed E-state index contributed by atoms with van der Waals surface area (Å²) < 4.78 is 6.10. The zero-order chi connectivity index (χ0) is 17.4. The summed E-state index contributed by atoms with van der Waals surface area (Å²) >= 11 is 0. The van der Waals surface area contributed by atoms with E-state index in [9.17, 15) is 0 Å². The zero-order valence-electron chi connectivity index (χ0n) is 17.1. The topological polar surface area (TPSA) is 9.23 Å². The Morgan fingerprint density at radius 2 is 1.38 bits per heavy atom. The summed E-state index contributed by atoms with van der Waals surface area (Å²) in [7, 11) is 0. The smallest absolute Gasteiger partial charge is 0.0603 e. The fourth-order valence-corrected chi connectivity index (χ4v) is 5.33. The molecule has 4 unspecified atom stereocenters. The van der Waals surface area contributed by atoms with Gasteiger partial charge in [-0.2, -0.15) is 0 Å². The number of hydrogen-bond donors (Lipinski definition) is 0. The van der Waals surface area contributed by atoms with Crippen LogP contribution in [0.15, 0.2) is 0 Å². The molecule has 0 radical (unpaired) electrons. The van der Waals surface area contributed by atoms with E-state index in [-0.39, 0.29) is 0 Å². The van der Waals surface area contributed by atoms with Crippen LogP contribution in [-0.4, -0.2) is 12.7 Å². The Balaban J connectivity index is 1.66. The molecule has 0 aromatic rings. The normalized spacial score (nSPS) is 37.5. The summed E-state index contributed by atoms with van der Waals surface area (Å²) in [6.45, 7) is 10.4. The average molecular weight is 337 g/mol. The number of unbranched alkanes of at least 4 members (excludes halogenated alkanes) is 1. The van der Waals surface area contributed by atoms with Gasteiger partial charge >= 0.3 is 0 Å². The van der Waals surface area contributed by atoms with Crippen LogP contribution in [0.5, 0.6) is 0 Å². The maximum absolute atomic E-state index is 6.10. The molecule has 2 saturated carbocycles. The van der Waals surface area contributed by atoms with Gasteiger partial charge < -0.3 is 4.74 Å². The molecule has 2 aliphatic carbocycles. The second-order valence-corrected chi connectivity index (χ2v) is 9.07. The highest BCUT2D eigenvalue weighted by Gasteiger charge is 2.34. The molecule has 0 N–H and O–H groups in total. The summed E-state index contributed by atoms with van der Waals surface area (Å²) in [4.78, 5) is 0. The van der Waals surface area contributed by atoms with Crippen LogP contribution in [-0.2, 0) is 4.74 Å². The lowest BCUT2D eigenvalue weighted by atomic mass is 9.69. The van der Waals surface area contributed by atoms with Gasteiger partial charge in [0.15, 0.2) is 0 Å². The fraction of sp³-hybridized carbons (Fsp3) is 1.00. The van der Waals surface area contributed by atoms with E-state index in [1.807, 2.05) is 0 Å². The van der Waals surface area contributed by atoms with E-state index in [4.69, 9.17) is 4.74 Å². The lowest BCUT2D eigenvalue weighted by molar-refractivity contribution is -0.0429. The predicted octanol–water partition coefficient (Wildman–Crippen LogP) is 7.24. The zero-order valence-corrected chi connectivity index (χ0v) is 17.1. The van der Waals surface area contributed by atoms with Crippen LogP contribution in [0.25, 0.3) is 0 Å². The molecule has 0 aromatic carbocycles. The molecule has 0 saturated heterocycles. The lowest BCUT2D eigenvalue weighted by Gasteiger charge is -2.40. The highest BCUT2D eigenvalue weighted by molar-refractivity contribution is 4.84. The number of ether oxygens (including phenoxy) is 1. The van der Waals surface area contributed by atoms with Gasteiger partial charge in [0, 0.05) is 6.61 Å². The van der Waals surface area contributed by atoms with Crippen LogP contribution in [0.2, 0.25) is 0 Å². The van der Waals surface area contributed by atoms with Gasteiger partial charge in [-0.3, -0.25) is 0 Å². The van der Waals surface area contributed by atoms with Crippen molar-refractivity contribution in [2.45, 2.75) is 111 Å². The summed E-state index contributed by atoms with van der Waals surface area (Å²) in [6.07, 6.45) is 17.8. The second kappa shape index (κ2) is 10.8. The number of rotatable bonds is 9. The first-order valence-corrected chi connectivity index (χ1v) is 11.3. The maximum Gasteiger partial charge on any atom is 0.0603 e. The summed E-state index contributed by atoms with van der Waals surface area (Å²) in [5.74, 6) is 4.66. The minimum absolute atomic E-state index is 0.533. The molecule has 2 fully saturated rings. The monoisotopic (exact) mass is 336 g/mol. The third kappa shape index (κ3) is 6.04. The van der Waals surface area contributed by atoms with Gasteiger partial charge in [-0.1, -0.05) is 79.1 Å². The first kappa shape index (κ1) is 20.3. The quantitative estimate of drug-likeness (QED) is 0.431. The van der Waals surface area contributed by atoms with Crippen molar-refractivity contribution in [3.63, 3.8) is 0 Å². The van der Waals surface area contributed by atoms with E-state index in [1.54, 1.807) is 0 Å². The first-order valence-electron chi connectivity index (χ1n) is 11.3. The van der Waals surface area contributed by atoms with Crippen LogP contribution in [0, 0.1) is 29.6 Å². The SMILES string of the molecule is CCCCC1CCC(CCC2CCC(OCCC)C(C)C2C)CC1. The van der Waals surface area contributed by atoms with Crippen molar-refractivity contribution in [1.82, 2.24) is 0 Å². The largest absolute Gasteiger partial charge is 0.378 e. The molecule has 1 heteroatoms. The molecule has 0 aromatic heterocycles. The molecule has 0 spiro atoms. The summed E-state index contributed by atoms with van der Waals surface area (Å²) in [5, 5.41) is 0. The predicted molar refractivity (Wildman–Crippen MR) is 105 cm³/mol. The minimum Gasteiger partial charge on any atom is -0.378 e.